The number of nitrogens with one attached hydrogen (secondary N) is 1. The third kappa shape index (κ3) is 7.53. The van der Waals surface area contributed by atoms with Crippen molar-refractivity contribution in [3.8, 4) is 0 Å². The van der Waals surface area contributed by atoms with Gasteiger partial charge in [-0.25, -0.2) is 9.59 Å². The van der Waals surface area contributed by atoms with Crippen molar-refractivity contribution in [2.24, 2.45) is 7.05 Å². The number of nitrogens with zero attached hydrogens (tertiary/aromatic N) is 3. The summed E-state index contributed by atoms with van der Waals surface area (Å²) in [6.45, 7) is 3.72. The zero-order chi connectivity index (χ0) is 23.1. The highest BCUT2D eigenvalue weighted by Crippen LogP contribution is 2.13. The molecule has 0 radical (unpaired) electrons. The maximum absolute atomic E-state index is 12.2. The predicted molar refractivity (Wildman–Crippen MR) is 97.6 cm³/mol. The average molecular weight is 430 g/mol. The number of carbonyl (C=O) groups excluding carboxylic acids is 1. The quantitative estimate of drug-likeness (QED) is 0.631. The Hall–Kier alpha value is -3.44. The maximum Gasteiger partial charge on any atom is 0.490 e. The van der Waals surface area contributed by atoms with Crippen molar-refractivity contribution in [2.75, 3.05) is 0 Å². The van der Waals surface area contributed by atoms with Gasteiger partial charge in [0.1, 0.15) is 6.04 Å². The maximum atomic E-state index is 12.2. The van der Waals surface area contributed by atoms with E-state index in [-0.39, 0.29) is 18.7 Å². The topological polar surface area (TPSA) is 134 Å². The zero-order valence-electron chi connectivity index (χ0n) is 16.4. The van der Waals surface area contributed by atoms with E-state index in [0.717, 1.165) is 22.5 Å². The van der Waals surface area contributed by atoms with Crippen LogP contribution in [0.25, 0.3) is 0 Å². The smallest absolute Gasteiger partial charge is 0.480 e. The van der Waals surface area contributed by atoms with Crippen molar-refractivity contribution in [3.05, 3.63) is 47.0 Å². The number of aliphatic carboxylic acids is 2. The Labute approximate surface area is 169 Å². The van der Waals surface area contributed by atoms with Gasteiger partial charge in [0.25, 0.3) is 0 Å². The zero-order valence-corrected chi connectivity index (χ0v) is 16.4. The van der Waals surface area contributed by atoms with Crippen molar-refractivity contribution >= 4 is 17.8 Å². The number of pyridine rings is 1. The van der Waals surface area contributed by atoms with Crippen LogP contribution in [0, 0.1) is 13.8 Å². The van der Waals surface area contributed by atoms with E-state index in [9.17, 15) is 27.9 Å². The second-order valence-electron chi connectivity index (χ2n) is 6.27. The molecule has 9 nitrogen and oxygen atoms in total. The molecule has 0 saturated heterocycles. The Morgan fingerprint density at radius 1 is 1.17 bits per heavy atom. The number of halogens is 3. The summed E-state index contributed by atoms with van der Waals surface area (Å²) in [7, 11) is 1.81. The van der Waals surface area contributed by atoms with Crippen molar-refractivity contribution in [3.63, 3.8) is 0 Å². The summed E-state index contributed by atoms with van der Waals surface area (Å²) >= 11 is 0. The fraction of sp³-hybridized carbons (Fsp3) is 0.389. The molecule has 0 aromatic carbocycles. The summed E-state index contributed by atoms with van der Waals surface area (Å²) in [6.07, 6.45) is -1.56. The number of hydrogen-bond acceptors (Lipinski definition) is 5. The fourth-order valence-corrected chi connectivity index (χ4v) is 2.43. The Kier molecular flexibility index (Phi) is 8.50. The molecule has 0 aliphatic rings. The standard InChI is InChI=1S/C16H20N4O3.C2HF3O2/c1-10-13(11(2)20(3)19-10)9-15(21)18-14(16(22)23)8-12-4-6-17-7-5-12;3-2(4,5)1(6)7/h4-7,14H,8-9H2,1-3H3,(H,18,21)(H,22,23);(H,6,7). The van der Waals surface area contributed by atoms with Gasteiger partial charge in [-0.05, 0) is 31.5 Å². The van der Waals surface area contributed by atoms with Crippen LogP contribution in [-0.4, -0.2) is 55.0 Å². The Morgan fingerprint density at radius 3 is 2.10 bits per heavy atom. The van der Waals surface area contributed by atoms with E-state index < -0.39 is 24.2 Å². The lowest BCUT2D eigenvalue weighted by atomic mass is 10.1. The van der Waals surface area contributed by atoms with Crippen LogP contribution in [0.1, 0.15) is 22.5 Å². The van der Waals surface area contributed by atoms with Crippen molar-refractivity contribution < 1.29 is 37.8 Å². The van der Waals surface area contributed by atoms with Gasteiger partial charge in [-0.3, -0.25) is 14.5 Å². The first-order chi connectivity index (χ1) is 13.8. The second kappa shape index (κ2) is 10.4. The molecule has 0 fully saturated rings. The second-order valence-corrected chi connectivity index (χ2v) is 6.27. The molecule has 3 N–H and O–H groups in total. The number of aromatic nitrogens is 3. The molecule has 2 rings (SSSR count). The van der Waals surface area contributed by atoms with Crippen LogP contribution >= 0.6 is 0 Å². The molecule has 0 aliphatic carbocycles. The minimum Gasteiger partial charge on any atom is -0.480 e. The van der Waals surface area contributed by atoms with E-state index in [1.807, 2.05) is 20.9 Å². The Bertz CT molecular complexity index is 897. The van der Waals surface area contributed by atoms with Gasteiger partial charge in [0.2, 0.25) is 5.91 Å². The minimum absolute atomic E-state index is 0.117. The lowest BCUT2D eigenvalue weighted by Crippen LogP contribution is -2.43. The average Bonchev–Trinajstić information content (AvgIpc) is 2.88. The summed E-state index contributed by atoms with van der Waals surface area (Å²) in [6, 6.07) is 2.50. The number of carboxylic acid groups (broad SMARTS) is 2. The lowest BCUT2D eigenvalue weighted by Gasteiger charge is -2.14. The van der Waals surface area contributed by atoms with Gasteiger partial charge in [0.15, 0.2) is 0 Å². The lowest BCUT2D eigenvalue weighted by molar-refractivity contribution is -0.192. The molecule has 1 unspecified atom stereocenters. The largest absolute Gasteiger partial charge is 0.490 e. The third-order valence-corrected chi connectivity index (χ3v) is 4.06. The summed E-state index contributed by atoms with van der Waals surface area (Å²) in [5, 5.41) is 23.3. The molecule has 0 spiro atoms. The Morgan fingerprint density at radius 2 is 1.70 bits per heavy atom. The SMILES string of the molecule is Cc1nn(C)c(C)c1CC(=O)NC(Cc1ccncc1)C(=O)O.O=C(O)C(F)(F)F. The summed E-state index contributed by atoms with van der Waals surface area (Å²) in [4.78, 5) is 36.4. The monoisotopic (exact) mass is 430 g/mol. The van der Waals surface area contributed by atoms with Crippen LogP contribution in [0.5, 0.6) is 0 Å². The van der Waals surface area contributed by atoms with Crippen LogP contribution in [0.15, 0.2) is 24.5 Å². The normalized spacial score (nSPS) is 11.8. The van der Waals surface area contributed by atoms with E-state index in [1.165, 1.54) is 0 Å². The van der Waals surface area contributed by atoms with Gasteiger partial charge >= 0.3 is 18.1 Å². The van der Waals surface area contributed by atoms with Crippen LogP contribution in [0.2, 0.25) is 0 Å². The van der Waals surface area contributed by atoms with Crippen molar-refractivity contribution in [1.29, 1.82) is 0 Å². The van der Waals surface area contributed by atoms with Gasteiger partial charge in [-0.1, -0.05) is 0 Å². The summed E-state index contributed by atoms with van der Waals surface area (Å²) < 4.78 is 33.4. The van der Waals surface area contributed by atoms with E-state index in [1.54, 1.807) is 29.2 Å². The Balaban J connectivity index is 0.000000553. The first-order valence-corrected chi connectivity index (χ1v) is 8.53. The number of hydrogen-bond donors (Lipinski definition) is 3. The van der Waals surface area contributed by atoms with E-state index in [4.69, 9.17) is 9.90 Å². The van der Waals surface area contributed by atoms with Gasteiger partial charge in [-0.2, -0.15) is 18.3 Å². The first kappa shape index (κ1) is 24.6. The van der Waals surface area contributed by atoms with Crippen molar-refractivity contribution in [2.45, 2.75) is 38.9 Å². The van der Waals surface area contributed by atoms with Crippen molar-refractivity contribution in [1.82, 2.24) is 20.1 Å². The third-order valence-electron chi connectivity index (χ3n) is 4.06. The van der Waals surface area contributed by atoms with E-state index in [2.05, 4.69) is 15.4 Å². The summed E-state index contributed by atoms with van der Waals surface area (Å²) in [5.74, 6) is -4.15. The molecule has 2 aromatic heterocycles. The number of aryl methyl sites for hydroxylation is 2. The number of carboxylic acids is 2. The number of alkyl halides is 3. The van der Waals surface area contributed by atoms with Crippen LogP contribution < -0.4 is 5.32 Å². The molecule has 2 heterocycles. The molecule has 1 atom stereocenters. The predicted octanol–water partition coefficient (Wildman–Crippen LogP) is 1.42. The molecule has 30 heavy (non-hydrogen) atoms. The van der Waals surface area contributed by atoms with Crippen LogP contribution in [0.4, 0.5) is 13.2 Å². The molecule has 12 heteroatoms. The number of amides is 1. The molecular formula is C18H21F3N4O5. The minimum atomic E-state index is -5.08. The highest BCUT2D eigenvalue weighted by atomic mass is 19.4. The number of rotatable bonds is 6. The van der Waals surface area contributed by atoms with E-state index in [0.29, 0.717) is 0 Å². The first-order valence-electron chi connectivity index (χ1n) is 8.53. The van der Waals surface area contributed by atoms with Gasteiger partial charge in [0.05, 0.1) is 12.1 Å². The molecule has 0 bridgehead atoms. The molecule has 2 aromatic rings. The van der Waals surface area contributed by atoms with Gasteiger partial charge in [0, 0.05) is 37.1 Å². The van der Waals surface area contributed by atoms with Gasteiger partial charge in [-0.15, -0.1) is 0 Å². The molecular weight excluding hydrogens is 409 g/mol. The van der Waals surface area contributed by atoms with Crippen LogP contribution in [-0.2, 0) is 34.3 Å². The van der Waals surface area contributed by atoms with Gasteiger partial charge < -0.3 is 15.5 Å². The molecule has 1 amide bonds. The molecule has 0 saturated carbocycles. The molecule has 0 aliphatic heterocycles. The summed E-state index contributed by atoms with van der Waals surface area (Å²) in [5.41, 5.74) is 3.32. The fourth-order valence-electron chi connectivity index (χ4n) is 2.43. The highest BCUT2D eigenvalue weighted by Gasteiger charge is 2.38. The molecule has 164 valence electrons. The highest BCUT2D eigenvalue weighted by molar-refractivity contribution is 5.85. The van der Waals surface area contributed by atoms with E-state index >= 15 is 0 Å². The number of carbonyl (C=O) groups is 3. The van der Waals surface area contributed by atoms with Crippen LogP contribution in [0.3, 0.4) is 0 Å².